The van der Waals surface area contributed by atoms with Crippen LogP contribution in [0.5, 0.6) is 0 Å². The third kappa shape index (κ3) is 5.65. The molecule has 2 atom stereocenters. The van der Waals surface area contributed by atoms with E-state index in [9.17, 15) is 4.39 Å². The Morgan fingerprint density at radius 1 is 1.27 bits per heavy atom. The molecular formula is C23H27FN5Rb-2. The number of hydrogen-bond donors (Lipinski definition) is 2. The average molecular weight is 478 g/mol. The van der Waals surface area contributed by atoms with E-state index in [-0.39, 0.29) is 77.7 Å². The molecule has 1 saturated carbocycles. The Hall–Kier alpha value is -0.925. The van der Waals surface area contributed by atoms with Crippen molar-refractivity contribution >= 4 is 11.5 Å². The number of pyridine rings is 1. The van der Waals surface area contributed by atoms with E-state index < -0.39 is 5.82 Å². The Morgan fingerprint density at radius 2 is 2.07 bits per heavy atom. The van der Waals surface area contributed by atoms with E-state index in [4.69, 9.17) is 10.7 Å². The number of H-pyrrole nitrogens is 1. The van der Waals surface area contributed by atoms with Crippen LogP contribution in [0.4, 0.5) is 15.9 Å². The zero-order chi connectivity index (χ0) is 19.5. The third-order valence-electron chi connectivity index (χ3n) is 5.53. The molecule has 1 fully saturated rings. The van der Waals surface area contributed by atoms with E-state index in [0.717, 1.165) is 37.1 Å². The average Bonchev–Trinajstić information content (AvgIpc) is 3.39. The van der Waals surface area contributed by atoms with Gasteiger partial charge in [0.05, 0.1) is 0 Å². The van der Waals surface area contributed by atoms with Gasteiger partial charge in [0, 0.05) is 40.8 Å². The van der Waals surface area contributed by atoms with Crippen LogP contribution < -0.4 is 63.5 Å². The third-order valence-corrected chi connectivity index (χ3v) is 5.53. The molecule has 0 bridgehead atoms. The molecule has 1 aromatic carbocycles. The van der Waals surface area contributed by atoms with Crippen LogP contribution in [-0.4, -0.2) is 15.2 Å². The summed E-state index contributed by atoms with van der Waals surface area (Å²) in [5.74, 6) is 1.02. The van der Waals surface area contributed by atoms with Crippen LogP contribution in [0.15, 0.2) is 36.4 Å². The quantitative estimate of drug-likeness (QED) is 0.535. The van der Waals surface area contributed by atoms with Crippen molar-refractivity contribution in [3.8, 4) is 0 Å². The second-order valence-corrected chi connectivity index (χ2v) is 7.31. The minimum atomic E-state index is -0.440. The second-order valence-electron chi connectivity index (χ2n) is 7.31. The molecule has 3 N–H and O–H groups in total. The smallest absolute Gasteiger partial charge is 0.675 e. The Kier molecular flexibility index (Phi) is 9.82. The van der Waals surface area contributed by atoms with Crippen LogP contribution in [0.25, 0.3) is 5.73 Å². The van der Waals surface area contributed by atoms with Crippen molar-refractivity contribution in [1.29, 1.82) is 0 Å². The summed E-state index contributed by atoms with van der Waals surface area (Å²) in [7, 11) is 0. The van der Waals surface area contributed by atoms with Crippen LogP contribution in [0.2, 0.25) is 0 Å². The van der Waals surface area contributed by atoms with E-state index in [0.29, 0.717) is 23.3 Å². The first-order chi connectivity index (χ1) is 13.7. The summed E-state index contributed by atoms with van der Waals surface area (Å²) >= 11 is 0. The molecule has 2 heterocycles. The van der Waals surface area contributed by atoms with Crippen molar-refractivity contribution < 1.29 is 62.6 Å². The maximum atomic E-state index is 14.3. The summed E-state index contributed by atoms with van der Waals surface area (Å²) in [6.07, 6.45) is 4.19. The number of aromatic amines is 1. The van der Waals surface area contributed by atoms with E-state index in [1.165, 1.54) is 5.69 Å². The van der Waals surface area contributed by atoms with E-state index in [1.807, 2.05) is 6.07 Å². The molecule has 30 heavy (non-hydrogen) atoms. The summed E-state index contributed by atoms with van der Waals surface area (Å²) in [6.45, 7) is 1.99. The first kappa shape index (κ1) is 25.3. The minimum Gasteiger partial charge on any atom is -0.675 e. The zero-order valence-corrected chi connectivity index (χ0v) is 22.8. The van der Waals surface area contributed by atoms with Gasteiger partial charge in [-0.15, -0.1) is 18.2 Å². The van der Waals surface area contributed by atoms with Gasteiger partial charge in [-0.1, -0.05) is 13.0 Å². The van der Waals surface area contributed by atoms with Gasteiger partial charge in [0.25, 0.3) is 0 Å². The monoisotopic (exact) mass is 477 g/mol. The van der Waals surface area contributed by atoms with Gasteiger partial charge in [0.15, 0.2) is 5.82 Å². The topological polar surface area (TPSA) is 77.4 Å². The van der Waals surface area contributed by atoms with Crippen molar-refractivity contribution in [2.24, 2.45) is 0 Å². The Balaban J connectivity index is 0.00000160. The first-order valence-electron chi connectivity index (χ1n) is 9.79. The van der Waals surface area contributed by atoms with Gasteiger partial charge in [0.2, 0.25) is 0 Å². The largest absolute Gasteiger partial charge is 1.00 e. The summed E-state index contributed by atoms with van der Waals surface area (Å²) in [5.41, 5.74) is 11.3. The number of halogens is 1. The second kappa shape index (κ2) is 11.6. The predicted octanol–water partition coefficient (Wildman–Crippen LogP) is 3.11. The Bertz CT molecular complexity index is 958. The van der Waals surface area contributed by atoms with Crippen molar-refractivity contribution in [3.05, 3.63) is 84.1 Å². The predicted molar refractivity (Wildman–Crippen MR) is 114 cm³/mol. The maximum absolute atomic E-state index is 14.3. The van der Waals surface area contributed by atoms with Crippen molar-refractivity contribution in [3.63, 3.8) is 0 Å². The van der Waals surface area contributed by atoms with Gasteiger partial charge in [-0.3, -0.25) is 14.5 Å². The van der Waals surface area contributed by atoms with Crippen molar-refractivity contribution in [2.75, 3.05) is 5.32 Å². The summed E-state index contributed by atoms with van der Waals surface area (Å²) in [4.78, 5) is 4.79. The molecule has 0 spiro atoms. The molecule has 3 aromatic rings. The van der Waals surface area contributed by atoms with Crippen LogP contribution in [0.3, 0.4) is 0 Å². The molecule has 2 aromatic heterocycles. The molecule has 7 heteroatoms. The molecule has 4 rings (SSSR count). The van der Waals surface area contributed by atoms with E-state index in [2.05, 4.69) is 46.7 Å². The standard InChI is InChI=1S/C22H24FN5.CH3.Rb/c1-2-17-6-4-7-18(25-17)14-9-10-15(11-14)20-12-21(28-27-20)26-19-8-3-5-16(13-24)22(19)23;;/h3-4,6-8,12,14-15,24H,2,9-11,13H2,1H3,(H2,26,27,28);1H3;/q-2;-1;+1. The van der Waals surface area contributed by atoms with Crippen LogP contribution >= 0.6 is 0 Å². The molecule has 0 amide bonds. The van der Waals surface area contributed by atoms with Gasteiger partial charge in [0.1, 0.15) is 0 Å². The number of benzene rings is 1. The number of aryl methyl sites for hydroxylation is 1. The van der Waals surface area contributed by atoms with Gasteiger partial charge in [-0.25, -0.2) is 0 Å². The number of rotatable bonds is 6. The minimum absolute atomic E-state index is 0. The fourth-order valence-corrected chi connectivity index (χ4v) is 3.95. The molecule has 5 nitrogen and oxygen atoms in total. The number of nitrogens with zero attached hydrogens (tertiary/aromatic N) is 2. The Labute approximate surface area is 227 Å². The van der Waals surface area contributed by atoms with Gasteiger partial charge < -0.3 is 18.5 Å². The molecule has 0 saturated heterocycles. The fourth-order valence-electron chi connectivity index (χ4n) is 3.95. The van der Waals surface area contributed by atoms with Crippen LogP contribution in [0.1, 0.15) is 60.7 Å². The Morgan fingerprint density at radius 3 is 2.83 bits per heavy atom. The fraction of sp³-hybridized carbons (Fsp3) is 0.348. The van der Waals surface area contributed by atoms with E-state index >= 15 is 0 Å². The summed E-state index contributed by atoms with van der Waals surface area (Å²) in [5, 5.41) is 10.4. The molecule has 2 unspecified atom stereocenters. The van der Waals surface area contributed by atoms with Crippen LogP contribution in [-0.2, 0) is 13.0 Å². The van der Waals surface area contributed by atoms with E-state index in [1.54, 1.807) is 12.1 Å². The molecule has 154 valence electrons. The number of aromatic nitrogens is 3. The molecule has 1 aliphatic rings. The number of hydrogen-bond acceptors (Lipinski definition) is 3. The molecule has 1 aliphatic carbocycles. The van der Waals surface area contributed by atoms with Crippen LogP contribution in [0, 0.1) is 19.3 Å². The zero-order valence-electron chi connectivity index (χ0n) is 17.9. The van der Waals surface area contributed by atoms with Gasteiger partial charge in [-0.2, -0.15) is 17.2 Å². The van der Waals surface area contributed by atoms with Crippen molar-refractivity contribution in [1.82, 2.24) is 15.2 Å². The summed E-state index contributed by atoms with van der Waals surface area (Å²) < 4.78 is 14.3. The number of anilines is 2. The maximum Gasteiger partial charge on any atom is 1.00 e. The SMILES string of the molecule is CCc1cccc(C2CCC(c3cc(Nc4cc[c-]c(C[NH-])c4F)n[nH]3)C2)n1.[CH3-].[Rb+]. The summed E-state index contributed by atoms with van der Waals surface area (Å²) in [6, 6.07) is 14.3. The molecule has 0 aliphatic heterocycles. The van der Waals surface area contributed by atoms with Gasteiger partial charge in [-0.05, 0) is 43.5 Å². The van der Waals surface area contributed by atoms with Crippen molar-refractivity contribution in [2.45, 2.75) is 51.0 Å². The number of nitrogens with one attached hydrogen (secondary N) is 3. The van der Waals surface area contributed by atoms with Gasteiger partial charge >= 0.3 is 58.2 Å². The normalized spacial score (nSPS) is 17.8. The first-order valence-corrected chi connectivity index (χ1v) is 9.79. The molecule has 0 radical (unpaired) electrons. The molecular weight excluding hydrogens is 451 g/mol.